The van der Waals surface area contributed by atoms with Gasteiger partial charge in [0.2, 0.25) is 0 Å². The van der Waals surface area contributed by atoms with Gasteiger partial charge in [-0.15, -0.1) is 6.58 Å². The first kappa shape index (κ1) is 31.2. The summed E-state index contributed by atoms with van der Waals surface area (Å²) in [6.07, 6.45) is 6.14. The minimum absolute atomic E-state index is 0.146. The number of benzene rings is 2. The number of aliphatic hydroxyl groups excluding tert-OH is 1. The molecule has 0 heterocycles. The first-order valence-corrected chi connectivity index (χ1v) is 17.9. The largest absolute Gasteiger partial charge is 0.403 e. The van der Waals surface area contributed by atoms with Gasteiger partial charge in [-0.2, -0.15) is 0 Å². The van der Waals surface area contributed by atoms with Gasteiger partial charge in [-0.3, -0.25) is 0 Å². The van der Waals surface area contributed by atoms with E-state index >= 15 is 0 Å². The Hall–Kier alpha value is -2.24. The third-order valence-corrected chi connectivity index (χ3v) is 16.4. The van der Waals surface area contributed by atoms with Crippen molar-refractivity contribution in [2.24, 2.45) is 22.7 Å². The Morgan fingerprint density at radius 2 is 1.60 bits per heavy atom. The zero-order valence-corrected chi connectivity index (χ0v) is 27.7. The lowest BCUT2D eigenvalue weighted by Gasteiger charge is -2.67. The van der Waals surface area contributed by atoms with E-state index in [0.29, 0.717) is 18.9 Å². The van der Waals surface area contributed by atoms with Gasteiger partial charge in [-0.05, 0) is 59.4 Å². The number of fused-ring (bicyclic) bond motifs is 2. The van der Waals surface area contributed by atoms with Crippen LogP contribution in [0, 0.1) is 22.7 Å². The molecule has 1 unspecified atom stereocenters. The number of aliphatic hydroxyl groups is 2. The first-order chi connectivity index (χ1) is 19.8. The molecule has 4 heteroatoms. The molecule has 4 aliphatic carbocycles. The van der Waals surface area contributed by atoms with Crippen molar-refractivity contribution in [3.63, 3.8) is 0 Å². The quantitative estimate of drug-likeness (QED) is 0.227. The van der Waals surface area contributed by atoms with Crippen LogP contribution in [0.5, 0.6) is 0 Å². The van der Waals surface area contributed by atoms with E-state index in [4.69, 9.17) is 4.43 Å². The molecule has 0 aliphatic heterocycles. The molecule has 4 aliphatic rings. The Kier molecular flexibility index (Phi) is 8.20. The van der Waals surface area contributed by atoms with Crippen molar-refractivity contribution in [3.8, 4) is 0 Å². The third kappa shape index (κ3) is 4.48. The smallest absolute Gasteiger partial charge is 0.261 e. The van der Waals surface area contributed by atoms with Crippen molar-refractivity contribution in [2.75, 3.05) is 6.61 Å². The summed E-state index contributed by atoms with van der Waals surface area (Å²) < 4.78 is 7.19. The lowest BCUT2D eigenvalue weighted by Crippen LogP contribution is -2.72. The van der Waals surface area contributed by atoms with Gasteiger partial charge >= 0.3 is 0 Å². The molecule has 0 aromatic heterocycles. The zero-order chi connectivity index (χ0) is 30.6. The maximum atomic E-state index is 12.7. The van der Waals surface area contributed by atoms with E-state index in [1.54, 1.807) is 0 Å². The number of hydrogen-bond donors (Lipinski definition) is 2. The maximum Gasteiger partial charge on any atom is 0.261 e. The summed E-state index contributed by atoms with van der Waals surface area (Å²) in [7, 11) is -2.75. The van der Waals surface area contributed by atoms with Gasteiger partial charge in [0.15, 0.2) is 0 Å². The fourth-order valence-corrected chi connectivity index (χ4v) is 13.9. The summed E-state index contributed by atoms with van der Waals surface area (Å²) >= 11 is 0. The van der Waals surface area contributed by atoms with Crippen molar-refractivity contribution >= 4 is 18.7 Å². The molecule has 6 rings (SSSR count). The Morgan fingerprint density at radius 1 is 1.02 bits per heavy atom. The lowest BCUT2D eigenvalue weighted by molar-refractivity contribution is -0.256. The van der Waals surface area contributed by atoms with Gasteiger partial charge in [0, 0.05) is 17.3 Å². The Morgan fingerprint density at radius 3 is 2.10 bits per heavy atom. The molecule has 2 N–H and O–H groups in total. The topological polar surface area (TPSA) is 49.7 Å². The lowest BCUT2D eigenvalue weighted by atomic mass is 9.39. The second-order valence-corrected chi connectivity index (χ2v) is 19.3. The van der Waals surface area contributed by atoms with Gasteiger partial charge < -0.3 is 14.6 Å². The number of hydrogen-bond acceptors (Lipinski definition) is 3. The van der Waals surface area contributed by atoms with Crippen LogP contribution in [-0.2, 0) is 4.43 Å². The van der Waals surface area contributed by atoms with E-state index < -0.39 is 25.4 Å². The molecular formula is C38H52O3Si. The first-order valence-electron chi connectivity index (χ1n) is 15.9. The Labute approximate surface area is 255 Å². The average Bonchev–Trinajstić information content (AvgIpc) is 3.35. The predicted octanol–water partition coefficient (Wildman–Crippen LogP) is 7.34. The highest BCUT2D eigenvalue weighted by molar-refractivity contribution is 6.99. The summed E-state index contributed by atoms with van der Waals surface area (Å²) in [6, 6.07) is 21.3. The van der Waals surface area contributed by atoms with E-state index in [1.807, 2.05) is 6.08 Å². The summed E-state index contributed by atoms with van der Waals surface area (Å²) in [5.74, 6) is 0.632. The highest BCUT2D eigenvalue weighted by atomic mass is 28.4. The predicted molar refractivity (Wildman–Crippen MR) is 177 cm³/mol. The monoisotopic (exact) mass is 584 g/mol. The van der Waals surface area contributed by atoms with Crippen LogP contribution in [0.3, 0.4) is 0 Å². The third-order valence-electron chi connectivity index (χ3n) is 11.4. The van der Waals surface area contributed by atoms with E-state index in [-0.39, 0.29) is 16.4 Å². The van der Waals surface area contributed by atoms with Gasteiger partial charge in [0.25, 0.3) is 8.32 Å². The van der Waals surface area contributed by atoms with Crippen LogP contribution < -0.4 is 10.4 Å². The fraction of sp³-hybridized carbons (Fsp3) is 0.526. The number of rotatable bonds is 10. The van der Waals surface area contributed by atoms with Crippen LogP contribution >= 0.6 is 0 Å². The molecule has 226 valence electrons. The van der Waals surface area contributed by atoms with Crippen LogP contribution in [0.4, 0.5) is 0 Å². The van der Waals surface area contributed by atoms with Crippen molar-refractivity contribution in [3.05, 3.63) is 96.6 Å². The van der Waals surface area contributed by atoms with Crippen LogP contribution in [0.15, 0.2) is 96.6 Å². The van der Waals surface area contributed by atoms with E-state index in [9.17, 15) is 10.2 Å². The standard InChI is InChI=1S/C38H52O3Si/c1-9-16-32-33-31(27(2)3)21-22-37(33)24-23-36(32,8)38(40,34(37)39)25-28(4)26-41-42(35(5,6)7,29-17-12-10-13-18-29)30-19-14-11-15-20-30/h9-15,17-20,27,32,34,39-40H,1,4,16,21-26H2,2-3,5-8H3/t32-,34-,36-,37+,38?/m1/s1. The van der Waals surface area contributed by atoms with Crippen molar-refractivity contribution in [1.29, 1.82) is 0 Å². The van der Waals surface area contributed by atoms with E-state index in [0.717, 1.165) is 37.7 Å². The van der Waals surface area contributed by atoms with Gasteiger partial charge in [-0.25, -0.2) is 0 Å². The highest BCUT2D eigenvalue weighted by Gasteiger charge is 2.72. The molecule has 3 fully saturated rings. The van der Waals surface area contributed by atoms with Crippen molar-refractivity contribution < 1.29 is 14.6 Å². The molecule has 0 saturated heterocycles. The molecular weight excluding hydrogens is 533 g/mol. The molecule has 1 spiro atoms. The summed E-state index contributed by atoms with van der Waals surface area (Å²) in [4.78, 5) is 0. The van der Waals surface area contributed by atoms with Crippen LogP contribution in [-0.4, -0.2) is 36.8 Å². The second kappa shape index (κ2) is 11.0. The molecule has 2 aromatic rings. The van der Waals surface area contributed by atoms with Crippen molar-refractivity contribution in [2.45, 2.75) is 96.8 Å². The molecule has 2 aromatic carbocycles. The molecule has 5 atom stereocenters. The van der Waals surface area contributed by atoms with Crippen molar-refractivity contribution in [1.82, 2.24) is 0 Å². The molecule has 3 nitrogen and oxygen atoms in total. The van der Waals surface area contributed by atoms with Gasteiger partial charge in [-0.1, -0.05) is 132 Å². The SMILES string of the molecule is C=CC[C@@H]1C2=C(C(C)C)CC[C@]23CC[C@@]1(C)C(O)(CC(=C)CO[Si](c1ccccc1)(c1ccccc1)C(C)(C)C)[C@@H]3O. The fourth-order valence-electron chi connectivity index (χ4n) is 9.31. The Balaban J connectivity index is 1.50. The summed E-state index contributed by atoms with van der Waals surface area (Å²) in [5.41, 5.74) is 1.70. The number of allylic oxidation sites excluding steroid dienone is 2. The molecule has 3 saturated carbocycles. The zero-order valence-electron chi connectivity index (χ0n) is 26.7. The van der Waals surface area contributed by atoms with E-state index in [1.165, 1.54) is 21.5 Å². The van der Waals surface area contributed by atoms with E-state index in [2.05, 4.69) is 115 Å². The maximum absolute atomic E-state index is 12.7. The molecule has 42 heavy (non-hydrogen) atoms. The highest BCUT2D eigenvalue weighted by Crippen LogP contribution is 2.72. The summed E-state index contributed by atoms with van der Waals surface area (Å²) in [6.45, 7) is 22.6. The summed E-state index contributed by atoms with van der Waals surface area (Å²) in [5, 5.41) is 27.3. The normalized spacial score (nSPS) is 31.0. The van der Waals surface area contributed by atoms with Crippen LogP contribution in [0.2, 0.25) is 5.04 Å². The molecule has 0 amide bonds. The van der Waals surface area contributed by atoms with Crippen LogP contribution in [0.1, 0.15) is 80.1 Å². The van der Waals surface area contributed by atoms with Crippen LogP contribution in [0.25, 0.3) is 0 Å². The van der Waals surface area contributed by atoms with Gasteiger partial charge in [0.05, 0.1) is 12.7 Å². The Bertz CT molecular complexity index is 1300. The average molecular weight is 585 g/mol. The molecule has 0 radical (unpaired) electrons. The minimum Gasteiger partial charge on any atom is -0.403 e. The second-order valence-electron chi connectivity index (χ2n) is 14.9. The minimum atomic E-state index is -2.75. The molecule has 2 bridgehead atoms. The van der Waals surface area contributed by atoms with Gasteiger partial charge in [0.1, 0.15) is 5.60 Å².